The second-order valence-corrected chi connectivity index (χ2v) is 12.1. The summed E-state index contributed by atoms with van der Waals surface area (Å²) < 4.78 is 6.81. The van der Waals surface area contributed by atoms with Crippen molar-refractivity contribution in [2.45, 2.75) is 45.6 Å². The van der Waals surface area contributed by atoms with Crippen LogP contribution in [0, 0.1) is 5.92 Å². The molecular weight excluding hydrogens is 324 g/mol. The number of hydrogen-bond acceptors (Lipinski definition) is 2. The van der Waals surface area contributed by atoms with Crippen LogP contribution in [-0.2, 0) is 9.22 Å². The molecule has 0 heterocycles. The maximum absolute atomic E-state index is 10.7. The van der Waals surface area contributed by atoms with Crippen LogP contribution in [0.3, 0.4) is 0 Å². The van der Waals surface area contributed by atoms with Crippen LogP contribution in [0.25, 0.3) is 0 Å². The van der Waals surface area contributed by atoms with Crippen LogP contribution in [0.15, 0.2) is 60.7 Å². The Kier molecular flexibility index (Phi) is 6.74. The highest BCUT2D eigenvalue weighted by molar-refractivity contribution is 6.99. The fourth-order valence-electron chi connectivity index (χ4n) is 3.46. The first-order valence-electron chi connectivity index (χ1n) is 9.10. The van der Waals surface area contributed by atoms with Gasteiger partial charge in [-0.05, 0) is 27.8 Å². The Morgan fingerprint density at radius 1 is 0.960 bits per heavy atom. The fourth-order valence-corrected chi connectivity index (χ4v) is 8.04. The maximum Gasteiger partial charge on any atom is 0.261 e. The molecule has 0 saturated heterocycles. The van der Waals surface area contributed by atoms with Crippen molar-refractivity contribution in [2.24, 2.45) is 5.92 Å². The molecule has 0 aliphatic carbocycles. The number of carbonyl (C=O) groups is 1. The minimum atomic E-state index is -2.43. The molecule has 3 heteroatoms. The second-order valence-electron chi connectivity index (χ2n) is 7.81. The SMILES string of the molecule is C[C@H](CC=O)CCO[Si](c1ccccc1)(c1ccccc1)C(C)(C)C. The number of aldehydes is 1. The van der Waals surface area contributed by atoms with Gasteiger partial charge in [-0.2, -0.15) is 0 Å². The van der Waals surface area contributed by atoms with E-state index in [2.05, 4.69) is 88.4 Å². The van der Waals surface area contributed by atoms with Crippen LogP contribution >= 0.6 is 0 Å². The van der Waals surface area contributed by atoms with Gasteiger partial charge in [0.1, 0.15) is 6.29 Å². The van der Waals surface area contributed by atoms with E-state index in [4.69, 9.17) is 4.43 Å². The van der Waals surface area contributed by atoms with Crippen LogP contribution in [0.1, 0.15) is 40.5 Å². The van der Waals surface area contributed by atoms with Crippen molar-refractivity contribution >= 4 is 25.0 Å². The Balaban J connectivity index is 2.44. The van der Waals surface area contributed by atoms with E-state index >= 15 is 0 Å². The third kappa shape index (κ3) is 4.47. The lowest BCUT2D eigenvalue weighted by Crippen LogP contribution is -2.66. The van der Waals surface area contributed by atoms with E-state index in [0.717, 1.165) is 12.7 Å². The minimum Gasteiger partial charge on any atom is -0.407 e. The van der Waals surface area contributed by atoms with Gasteiger partial charge in [0.05, 0.1) is 0 Å². The van der Waals surface area contributed by atoms with Gasteiger partial charge in [0.15, 0.2) is 0 Å². The molecule has 25 heavy (non-hydrogen) atoms. The first-order chi connectivity index (χ1) is 11.9. The van der Waals surface area contributed by atoms with E-state index < -0.39 is 8.32 Å². The number of rotatable bonds is 8. The molecule has 0 unspecified atom stereocenters. The Morgan fingerprint density at radius 2 is 1.44 bits per heavy atom. The molecule has 0 aliphatic heterocycles. The lowest BCUT2D eigenvalue weighted by Gasteiger charge is -2.43. The first-order valence-corrected chi connectivity index (χ1v) is 11.0. The van der Waals surface area contributed by atoms with Gasteiger partial charge in [0.25, 0.3) is 8.32 Å². The third-order valence-corrected chi connectivity index (χ3v) is 9.89. The largest absolute Gasteiger partial charge is 0.407 e. The molecule has 0 bridgehead atoms. The molecule has 2 nitrogen and oxygen atoms in total. The zero-order valence-corrected chi connectivity index (χ0v) is 16.9. The Bertz CT molecular complexity index is 607. The van der Waals surface area contributed by atoms with Gasteiger partial charge >= 0.3 is 0 Å². The summed E-state index contributed by atoms with van der Waals surface area (Å²) in [5.74, 6) is 0.357. The summed E-state index contributed by atoms with van der Waals surface area (Å²) in [6.45, 7) is 9.65. The highest BCUT2D eigenvalue weighted by Gasteiger charge is 2.49. The topological polar surface area (TPSA) is 26.3 Å². The van der Waals surface area contributed by atoms with Crippen molar-refractivity contribution in [3.8, 4) is 0 Å². The van der Waals surface area contributed by atoms with Gasteiger partial charge in [-0.1, -0.05) is 88.4 Å². The van der Waals surface area contributed by atoms with Crippen LogP contribution in [0.2, 0.25) is 5.04 Å². The number of benzene rings is 2. The first kappa shape index (κ1) is 19.6. The molecule has 2 aromatic carbocycles. The predicted molar refractivity (Wildman–Crippen MR) is 108 cm³/mol. The van der Waals surface area contributed by atoms with Crippen LogP contribution in [0.5, 0.6) is 0 Å². The summed E-state index contributed by atoms with van der Waals surface area (Å²) in [5, 5.41) is 2.61. The monoisotopic (exact) mass is 354 g/mol. The van der Waals surface area contributed by atoms with Crippen LogP contribution in [-0.4, -0.2) is 21.2 Å². The summed E-state index contributed by atoms with van der Waals surface area (Å²) in [5.41, 5.74) is 0. The van der Waals surface area contributed by atoms with E-state index in [1.54, 1.807) is 0 Å². The Morgan fingerprint density at radius 3 is 1.84 bits per heavy atom. The van der Waals surface area contributed by atoms with E-state index in [0.29, 0.717) is 18.9 Å². The van der Waals surface area contributed by atoms with E-state index in [1.807, 2.05) is 0 Å². The highest BCUT2D eigenvalue weighted by Crippen LogP contribution is 2.36. The van der Waals surface area contributed by atoms with Crippen LogP contribution in [0.4, 0.5) is 0 Å². The van der Waals surface area contributed by atoms with Crippen molar-refractivity contribution in [1.82, 2.24) is 0 Å². The summed E-state index contributed by atoms with van der Waals surface area (Å²) >= 11 is 0. The molecule has 1 atom stereocenters. The van der Waals surface area contributed by atoms with E-state index in [1.165, 1.54) is 10.4 Å². The molecule has 0 N–H and O–H groups in total. The van der Waals surface area contributed by atoms with Crippen molar-refractivity contribution in [3.63, 3.8) is 0 Å². The van der Waals surface area contributed by atoms with Crippen LogP contribution < -0.4 is 10.4 Å². The molecule has 134 valence electrons. The van der Waals surface area contributed by atoms with E-state index in [-0.39, 0.29) is 5.04 Å². The standard InChI is InChI=1S/C22H30O2Si/c1-19(15-17-23)16-18-24-25(22(2,3)4,20-11-7-5-8-12-20)21-13-9-6-10-14-21/h5-14,17,19H,15-16,18H2,1-4H3/t19-/m1/s1. The molecule has 0 radical (unpaired) electrons. The molecular formula is C22H30O2Si. The average Bonchev–Trinajstić information content (AvgIpc) is 2.59. The number of hydrogen-bond donors (Lipinski definition) is 0. The summed E-state index contributed by atoms with van der Waals surface area (Å²) in [6, 6.07) is 21.4. The van der Waals surface area contributed by atoms with Crippen molar-refractivity contribution in [1.29, 1.82) is 0 Å². The third-order valence-electron chi connectivity index (χ3n) is 4.84. The predicted octanol–water partition coefficient (Wildman–Crippen LogP) is 4.18. The fraction of sp³-hybridized carbons (Fsp3) is 0.409. The smallest absolute Gasteiger partial charge is 0.261 e. The molecule has 0 aromatic heterocycles. The molecule has 2 aromatic rings. The van der Waals surface area contributed by atoms with Gasteiger partial charge in [-0.15, -0.1) is 0 Å². The molecule has 0 spiro atoms. The van der Waals surface area contributed by atoms with Crippen molar-refractivity contribution < 1.29 is 9.22 Å². The second kappa shape index (κ2) is 8.59. The van der Waals surface area contributed by atoms with Gasteiger partial charge in [0, 0.05) is 13.0 Å². The summed E-state index contributed by atoms with van der Waals surface area (Å²) in [4.78, 5) is 10.7. The lowest BCUT2D eigenvalue weighted by atomic mass is 10.1. The zero-order valence-electron chi connectivity index (χ0n) is 15.9. The quantitative estimate of drug-likeness (QED) is 0.525. The van der Waals surface area contributed by atoms with E-state index in [9.17, 15) is 4.79 Å². The Hall–Kier alpha value is -1.71. The number of carbonyl (C=O) groups excluding carboxylic acids is 1. The van der Waals surface area contributed by atoms with Gasteiger partial charge < -0.3 is 9.22 Å². The van der Waals surface area contributed by atoms with Gasteiger partial charge in [-0.25, -0.2) is 0 Å². The summed E-state index contributed by atoms with van der Waals surface area (Å²) in [7, 11) is -2.43. The summed E-state index contributed by atoms with van der Waals surface area (Å²) in [6.07, 6.45) is 2.51. The Labute approximate surface area is 153 Å². The molecule has 0 amide bonds. The van der Waals surface area contributed by atoms with Crippen molar-refractivity contribution in [3.05, 3.63) is 60.7 Å². The van der Waals surface area contributed by atoms with Crippen molar-refractivity contribution in [2.75, 3.05) is 6.61 Å². The molecule has 0 saturated carbocycles. The van der Waals surface area contributed by atoms with Gasteiger partial charge in [-0.3, -0.25) is 0 Å². The molecule has 2 rings (SSSR count). The minimum absolute atomic E-state index is 0.00358. The lowest BCUT2D eigenvalue weighted by molar-refractivity contribution is -0.108. The van der Waals surface area contributed by atoms with Gasteiger partial charge in [0.2, 0.25) is 0 Å². The normalized spacial score (nSPS) is 13.4. The molecule has 0 fully saturated rings. The average molecular weight is 355 g/mol. The maximum atomic E-state index is 10.7. The zero-order chi connectivity index (χ0) is 18.3. The molecule has 0 aliphatic rings. The highest BCUT2D eigenvalue weighted by atomic mass is 28.4.